The third-order valence-electron chi connectivity index (χ3n) is 4.14. The van der Waals surface area contributed by atoms with E-state index in [2.05, 4.69) is 0 Å². The Morgan fingerprint density at radius 1 is 1.13 bits per heavy atom. The summed E-state index contributed by atoms with van der Waals surface area (Å²) >= 11 is 6.01. The van der Waals surface area contributed by atoms with Gasteiger partial charge in [0.2, 0.25) is 0 Å². The molecule has 1 aliphatic rings. The molecule has 0 saturated carbocycles. The molecule has 0 bridgehead atoms. The highest BCUT2D eigenvalue weighted by Gasteiger charge is 2.27. The highest BCUT2D eigenvalue weighted by molar-refractivity contribution is 7.85. The third kappa shape index (κ3) is 3.75. The molecule has 1 saturated heterocycles. The van der Waals surface area contributed by atoms with Crippen LogP contribution in [0.15, 0.2) is 53.4 Å². The van der Waals surface area contributed by atoms with Crippen LogP contribution in [-0.4, -0.2) is 19.6 Å². The Hall–Kier alpha value is -1.40. The second-order valence-electron chi connectivity index (χ2n) is 5.63. The van der Waals surface area contributed by atoms with Crippen LogP contribution in [0.5, 0.6) is 0 Å². The smallest absolute Gasteiger partial charge is 0.124 e. The third-order valence-corrected chi connectivity index (χ3v) is 5.28. The van der Waals surface area contributed by atoms with Gasteiger partial charge in [0.1, 0.15) is 10.1 Å². The number of hydrogen-bond donors (Lipinski definition) is 0. The topological polar surface area (TPSA) is 66.4 Å². The van der Waals surface area contributed by atoms with E-state index in [0.29, 0.717) is 30.0 Å². The number of hydrogen-bond acceptors (Lipinski definition) is 4. The predicted octanol–water partition coefficient (Wildman–Crippen LogP) is 3.88. The van der Waals surface area contributed by atoms with E-state index in [9.17, 15) is 13.0 Å². The maximum Gasteiger partial charge on any atom is 0.124 e. The second kappa shape index (κ2) is 6.61. The first kappa shape index (κ1) is 16.5. The van der Waals surface area contributed by atoms with Gasteiger partial charge in [0.25, 0.3) is 0 Å². The van der Waals surface area contributed by atoms with Gasteiger partial charge in [-0.05, 0) is 48.1 Å². The average Bonchev–Trinajstić information content (AvgIpc) is 2.54. The highest BCUT2D eigenvalue weighted by Crippen LogP contribution is 2.40. The van der Waals surface area contributed by atoms with Crippen molar-refractivity contribution in [3.8, 4) is 0 Å². The van der Waals surface area contributed by atoms with Gasteiger partial charge in [-0.2, -0.15) is 0 Å². The average molecular weight is 352 g/mol. The van der Waals surface area contributed by atoms with Crippen molar-refractivity contribution in [1.29, 1.82) is 0 Å². The molecule has 1 heterocycles. The van der Waals surface area contributed by atoms with Crippen molar-refractivity contribution in [3.05, 3.63) is 64.7 Å². The summed E-state index contributed by atoms with van der Waals surface area (Å²) in [6.07, 6.45) is 1.16. The minimum absolute atomic E-state index is 0.0774. The van der Waals surface area contributed by atoms with Gasteiger partial charge >= 0.3 is 0 Å². The molecule has 2 atom stereocenters. The minimum Gasteiger partial charge on any atom is -0.744 e. The fourth-order valence-corrected chi connectivity index (χ4v) is 3.97. The fourth-order valence-electron chi connectivity index (χ4n) is 3.05. The summed E-state index contributed by atoms with van der Waals surface area (Å²) < 4.78 is 40.4. The van der Waals surface area contributed by atoms with Crippen LogP contribution in [0.2, 0.25) is 5.02 Å². The molecule has 0 radical (unpaired) electrons. The van der Waals surface area contributed by atoms with E-state index in [-0.39, 0.29) is 16.9 Å². The Bertz CT molecular complexity index is 789. The SMILES string of the molecule is O=S(=O)([O-])c1ccc(Cl)cc1C1CCOC(c2ccccc2)C1. The number of benzene rings is 2. The number of halogens is 1. The van der Waals surface area contributed by atoms with E-state index in [1.165, 1.54) is 12.1 Å². The van der Waals surface area contributed by atoms with Gasteiger partial charge in [-0.1, -0.05) is 41.9 Å². The van der Waals surface area contributed by atoms with Crippen molar-refractivity contribution in [2.24, 2.45) is 0 Å². The molecule has 0 amide bonds. The summed E-state index contributed by atoms with van der Waals surface area (Å²) in [6.45, 7) is 0.509. The molecule has 1 aliphatic heterocycles. The lowest BCUT2D eigenvalue weighted by Crippen LogP contribution is -2.20. The summed E-state index contributed by atoms with van der Waals surface area (Å²) in [7, 11) is -4.53. The van der Waals surface area contributed by atoms with Crippen molar-refractivity contribution >= 4 is 21.7 Å². The van der Waals surface area contributed by atoms with E-state index < -0.39 is 10.1 Å². The van der Waals surface area contributed by atoms with Crippen LogP contribution in [0.3, 0.4) is 0 Å². The molecular weight excluding hydrogens is 336 g/mol. The summed E-state index contributed by atoms with van der Waals surface area (Å²) in [6, 6.07) is 14.1. The summed E-state index contributed by atoms with van der Waals surface area (Å²) in [4.78, 5) is -0.180. The first-order chi connectivity index (χ1) is 10.9. The fraction of sp³-hybridized carbons (Fsp3) is 0.294. The van der Waals surface area contributed by atoms with Gasteiger partial charge in [-0.3, -0.25) is 0 Å². The molecule has 2 unspecified atom stereocenters. The molecule has 3 rings (SSSR count). The van der Waals surface area contributed by atoms with Crippen LogP contribution < -0.4 is 0 Å². The standard InChI is InChI=1S/C17H17ClO4S/c18-14-6-7-17(23(19,20)21)15(11-14)13-8-9-22-16(10-13)12-4-2-1-3-5-12/h1-7,11,13,16H,8-10H2,(H,19,20,21)/p-1. The lowest BCUT2D eigenvalue weighted by atomic mass is 9.86. The van der Waals surface area contributed by atoms with Crippen LogP contribution >= 0.6 is 11.6 Å². The number of rotatable bonds is 3. The Kier molecular flexibility index (Phi) is 4.73. The molecule has 122 valence electrons. The molecular formula is C17H16ClO4S-. The zero-order chi connectivity index (χ0) is 16.4. The van der Waals surface area contributed by atoms with Crippen LogP contribution in [0.1, 0.15) is 36.0 Å². The Morgan fingerprint density at radius 2 is 1.87 bits per heavy atom. The molecule has 0 aliphatic carbocycles. The normalized spacial score (nSPS) is 22.0. The van der Waals surface area contributed by atoms with Gasteiger partial charge in [0, 0.05) is 11.6 Å². The van der Waals surface area contributed by atoms with E-state index in [4.69, 9.17) is 16.3 Å². The largest absolute Gasteiger partial charge is 0.744 e. The molecule has 2 aromatic rings. The molecule has 6 heteroatoms. The lowest BCUT2D eigenvalue weighted by molar-refractivity contribution is 0.00484. The number of ether oxygens (including phenoxy) is 1. The van der Waals surface area contributed by atoms with Crippen LogP contribution in [-0.2, 0) is 14.9 Å². The van der Waals surface area contributed by atoms with E-state index in [1.54, 1.807) is 6.07 Å². The molecule has 4 nitrogen and oxygen atoms in total. The molecule has 0 aromatic heterocycles. The highest BCUT2D eigenvalue weighted by atomic mass is 35.5. The Morgan fingerprint density at radius 3 is 2.57 bits per heavy atom. The van der Waals surface area contributed by atoms with Crippen molar-refractivity contribution in [3.63, 3.8) is 0 Å². The van der Waals surface area contributed by atoms with Crippen LogP contribution in [0, 0.1) is 0 Å². The van der Waals surface area contributed by atoms with Gasteiger partial charge < -0.3 is 9.29 Å². The molecule has 2 aromatic carbocycles. The van der Waals surface area contributed by atoms with E-state index in [0.717, 1.165) is 5.56 Å². The molecule has 23 heavy (non-hydrogen) atoms. The lowest BCUT2D eigenvalue weighted by Gasteiger charge is -2.31. The van der Waals surface area contributed by atoms with Gasteiger partial charge in [-0.25, -0.2) is 8.42 Å². The summed E-state index contributed by atoms with van der Waals surface area (Å²) in [5.41, 5.74) is 1.54. The van der Waals surface area contributed by atoms with Gasteiger partial charge in [0.05, 0.1) is 11.0 Å². The molecule has 1 fully saturated rings. The Balaban J connectivity index is 1.94. The monoisotopic (exact) mass is 351 g/mol. The summed E-state index contributed by atoms with van der Waals surface area (Å²) in [5.74, 6) is -0.0774. The van der Waals surface area contributed by atoms with Crippen molar-refractivity contribution in [2.75, 3.05) is 6.61 Å². The zero-order valence-corrected chi connectivity index (χ0v) is 13.9. The second-order valence-corrected chi connectivity index (χ2v) is 7.41. The van der Waals surface area contributed by atoms with Crippen molar-refractivity contribution in [2.45, 2.75) is 29.8 Å². The summed E-state index contributed by atoms with van der Waals surface area (Å²) in [5, 5.41) is 0.426. The zero-order valence-electron chi connectivity index (χ0n) is 12.3. The Labute approximate surface area is 140 Å². The van der Waals surface area contributed by atoms with Crippen LogP contribution in [0.25, 0.3) is 0 Å². The first-order valence-electron chi connectivity index (χ1n) is 7.37. The minimum atomic E-state index is -4.53. The molecule has 0 spiro atoms. The van der Waals surface area contributed by atoms with E-state index in [1.807, 2.05) is 30.3 Å². The quantitative estimate of drug-likeness (QED) is 0.787. The van der Waals surface area contributed by atoms with Gasteiger partial charge in [0.15, 0.2) is 0 Å². The van der Waals surface area contributed by atoms with Crippen molar-refractivity contribution < 1.29 is 17.7 Å². The van der Waals surface area contributed by atoms with Gasteiger partial charge in [-0.15, -0.1) is 0 Å². The first-order valence-corrected chi connectivity index (χ1v) is 9.15. The van der Waals surface area contributed by atoms with Crippen LogP contribution in [0.4, 0.5) is 0 Å². The van der Waals surface area contributed by atoms with E-state index >= 15 is 0 Å². The van der Waals surface area contributed by atoms with Crippen molar-refractivity contribution in [1.82, 2.24) is 0 Å². The molecule has 0 N–H and O–H groups in total. The maximum absolute atomic E-state index is 11.5. The maximum atomic E-state index is 11.5. The predicted molar refractivity (Wildman–Crippen MR) is 86.5 cm³/mol.